The fourth-order valence-electron chi connectivity index (χ4n) is 3.93. The Morgan fingerprint density at radius 3 is 1.65 bits per heavy atom. The average molecular weight is 575 g/mol. The summed E-state index contributed by atoms with van der Waals surface area (Å²) in [7, 11) is -1.68. The van der Waals surface area contributed by atoms with Gasteiger partial charge in [-0.3, -0.25) is 4.55 Å². The molecule has 0 saturated carbocycles. The van der Waals surface area contributed by atoms with E-state index in [-0.39, 0.29) is 37.1 Å². The predicted octanol–water partition coefficient (Wildman–Crippen LogP) is 3.49. The summed E-state index contributed by atoms with van der Waals surface area (Å²) in [5.41, 5.74) is 0. The first-order valence-corrected chi connectivity index (χ1v) is 13.4. The Bertz CT molecular complexity index is 1500. The molecule has 12 heteroatoms. The normalized spacial score (nSPS) is 12.9. The van der Waals surface area contributed by atoms with Crippen LogP contribution in [0.15, 0.2) is 72.7 Å². The second-order valence-electron chi connectivity index (χ2n) is 8.45. The van der Waals surface area contributed by atoms with Gasteiger partial charge in [0.2, 0.25) is 0 Å². The van der Waals surface area contributed by atoms with Gasteiger partial charge in [0.05, 0.1) is 18.1 Å². The van der Waals surface area contributed by atoms with Crippen LogP contribution in [0.1, 0.15) is 0 Å². The number of hydrogen-bond donors (Lipinski definition) is 1. The van der Waals surface area contributed by atoms with E-state index in [1.54, 1.807) is 24.3 Å². The summed E-state index contributed by atoms with van der Waals surface area (Å²) in [4.78, 5) is 23.2. The third-order valence-electron chi connectivity index (χ3n) is 5.63. The molecule has 3 aromatic rings. The molecular formula is C28H30O11S. The summed E-state index contributed by atoms with van der Waals surface area (Å²) in [6.07, 6.45) is 0.465. The van der Waals surface area contributed by atoms with Gasteiger partial charge in [-0.25, -0.2) is 9.59 Å². The Labute approximate surface area is 231 Å². The second kappa shape index (κ2) is 13.9. The van der Waals surface area contributed by atoms with Crippen molar-refractivity contribution in [3.05, 3.63) is 67.8 Å². The molecule has 0 heterocycles. The molecule has 0 radical (unpaired) electrons. The van der Waals surface area contributed by atoms with E-state index in [4.69, 9.17) is 28.4 Å². The SMILES string of the molecule is C=CC(=O)OC(COC)COc1c2ccccc2c(OCC(COC)OC(=O)C=C)c2cc(S(=O)(=O)O)ccc12. The molecule has 3 rings (SSSR count). The molecule has 0 amide bonds. The number of rotatable bonds is 15. The highest BCUT2D eigenvalue weighted by atomic mass is 32.2. The van der Waals surface area contributed by atoms with Crippen LogP contribution in [0.25, 0.3) is 21.5 Å². The van der Waals surface area contributed by atoms with Gasteiger partial charge in [0.15, 0.2) is 12.2 Å². The van der Waals surface area contributed by atoms with Gasteiger partial charge in [-0.2, -0.15) is 8.42 Å². The minimum Gasteiger partial charge on any atom is -0.488 e. The van der Waals surface area contributed by atoms with Crippen molar-refractivity contribution in [2.45, 2.75) is 17.1 Å². The molecule has 11 nitrogen and oxygen atoms in total. The first-order chi connectivity index (χ1) is 19.1. The van der Waals surface area contributed by atoms with Crippen molar-refractivity contribution < 1.29 is 51.0 Å². The Kier molecular flexibility index (Phi) is 10.6. The number of ether oxygens (including phenoxy) is 6. The van der Waals surface area contributed by atoms with E-state index < -0.39 is 34.3 Å². The lowest BCUT2D eigenvalue weighted by Crippen LogP contribution is -2.29. The molecule has 0 bridgehead atoms. The van der Waals surface area contributed by atoms with Gasteiger partial charge in [0.25, 0.3) is 10.1 Å². The smallest absolute Gasteiger partial charge is 0.330 e. The molecule has 1 N–H and O–H groups in total. The Hall–Kier alpha value is -3.97. The summed E-state index contributed by atoms with van der Waals surface area (Å²) in [6.45, 7) is 6.62. The molecule has 40 heavy (non-hydrogen) atoms. The highest BCUT2D eigenvalue weighted by molar-refractivity contribution is 7.85. The van der Waals surface area contributed by atoms with Crippen LogP contribution in [0.5, 0.6) is 11.5 Å². The Morgan fingerprint density at radius 1 is 0.775 bits per heavy atom. The van der Waals surface area contributed by atoms with Crippen molar-refractivity contribution >= 4 is 43.6 Å². The number of benzene rings is 3. The zero-order valence-corrected chi connectivity index (χ0v) is 22.8. The number of fused-ring (bicyclic) bond motifs is 2. The lowest BCUT2D eigenvalue weighted by atomic mass is 10.0. The maximum Gasteiger partial charge on any atom is 0.330 e. The van der Waals surface area contributed by atoms with E-state index >= 15 is 0 Å². The average Bonchev–Trinajstić information content (AvgIpc) is 2.93. The van der Waals surface area contributed by atoms with Gasteiger partial charge >= 0.3 is 11.9 Å². The fourth-order valence-corrected chi connectivity index (χ4v) is 4.44. The van der Waals surface area contributed by atoms with Crippen molar-refractivity contribution in [2.75, 3.05) is 40.6 Å². The number of methoxy groups -OCH3 is 2. The van der Waals surface area contributed by atoms with Gasteiger partial charge < -0.3 is 28.4 Å². The number of carbonyl (C=O) groups excluding carboxylic acids is 2. The third kappa shape index (κ3) is 7.57. The van der Waals surface area contributed by atoms with Crippen LogP contribution in [-0.2, 0) is 38.7 Å². The van der Waals surface area contributed by atoms with Gasteiger partial charge in [-0.1, -0.05) is 37.4 Å². The molecule has 0 saturated heterocycles. The molecule has 3 aromatic carbocycles. The van der Waals surface area contributed by atoms with Crippen LogP contribution < -0.4 is 9.47 Å². The highest BCUT2D eigenvalue weighted by Gasteiger charge is 2.23. The van der Waals surface area contributed by atoms with Crippen molar-refractivity contribution in [3.8, 4) is 11.5 Å². The summed E-state index contributed by atoms with van der Waals surface area (Å²) in [5, 5.41) is 1.87. The molecule has 2 unspecified atom stereocenters. The van der Waals surface area contributed by atoms with Crippen LogP contribution in [-0.4, -0.2) is 77.8 Å². The minimum absolute atomic E-state index is 0.0250. The van der Waals surface area contributed by atoms with E-state index in [9.17, 15) is 22.6 Å². The van der Waals surface area contributed by atoms with E-state index in [2.05, 4.69) is 13.2 Å². The molecule has 0 aliphatic carbocycles. The molecule has 0 fully saturated rings. The topological polar surface area (TPSA) is 144 Å². The monoisotopic (exact) mass is 574 g/mol. The fraction of sp³-hybridized carbons (Fsp3) is 0.286. The summed E-state index contributed by atoms with van der Waals surface area (Å²) in [5.74, 6) is -0.710. The van der Waals surface area contributed by atoms with Crippen LogP contribution in [0.3, 0.4) is 0 Å². The molecule has 0 aromatic heterocycles. The summed E-state index contributed by atoms with van der Waals surface area (Å²) in [6, 6.07) is 11.0. The zero-order valence-electron chi connectivity index (χ0n) is 22.0. The minimum atomic E-state index is -4.57. The quantitative estimate of drug-likeness (QED) is 0.123. The van der Waals surface area contributed by atoms with E-state index in [1.165, 1.54) is 32.4 Å². The van der Waals surface area contributed by atoms with E-state index in [0.29, 0.717) is 27.3 Å². The largest absolute Gasteiger partial charge is 0.488 e. The van der Waals surface area contributed by atoms with Crippen molar-refractivity contribution in [1.29, 1.82) is 0 Å². The first kappa shape index (κ1) is 30.6. The number of hydrogen-bond acceptors (Lipinski definition) is 10. The lowest BCUT2D eigenvalue weighted by molar-refractivity contribution is -0.148. The number of carbonyl (C=O) groups is 2. The molecule has 0 spiro atoms. The standard InChI is InChI=1S/C28H30O11S/c1-5-25(29)38-18(14-34-3)16-36-27-21-9-7-8-10-22(21)28(37-17-19(15-35-4)39-26(30)6-2)24-13-20(40(31,32)33)11-12-23(24)27/h5-13,18-19H,1-2,14-17H2,3-4H3,(H,31,32,33). The van der Waals surface area contributed by atoms with Crippen molar-refractivity contribution in [2.24, 2.45) is 0 Å². The second-order valence-corrected chi connectivity index (χ2v) is 9.87. The highest BCUT2D eigenvalue weighted by Crippen LogP contribution is 2.43. The van der Waals surface area contributed by atoms with E-state index in [1.807, 2.05) is 0 Å². The van der Waals surface area contributed by atoms with E-state index in [0.717, 1.165) is 12.2 Å². The summed E-state index contributed by atoms with van der Waals surface area (Å²) < 4.78 is 66.8. The molecular weight excluding hydrogens is 544 g/mol. The van der Waals surface area contributed by atoms with Crippen LogP contribution >= 0.6 is 0 Å². The first-order valence-electron chi connectivity index (χ1n) is 12.0. The number of esters is 2. The van der Waals surface area contributed by atoms with Gasteiger partial charge in [0.1, 0.15) is 24.7 Å². The molecule has 214 valence electrons. The van der Waals surface area contributed by atoms with Crippen molar-refractivity contribution in [3.63, 3.8) is 0 Å². The summed E-state index contributed by atoms with van der Waals surface area (Å²) >= 11 is 0. The Morgan fingerprint density at radius 2 is 1.23 bits per heavy atom. The lowest BCUT2D eigenvalue weighted by Gasteiger charge is -2.22. The Balaban J connectivity index is 2.15. The van der Waals surface area contributed by atoms with Crippen LogP contribution in [0, 0.1) is 0 Å². The molecule has 0 aliphatic rings. The zero-order chi connectivity index (χ0) is 29.3. The maximum absolute atomic E-state index is 12.0. The van der Waals surface area contributed by atoms with Gasteiger partial charge in [-0.15, -0.1) is 0 Å². The van der Waals surface area contributed by atoms with Gasteiger partial charge in [-0.05, 0) is 18.2 Å². The van der Waals surface area contributed by atoms with Crippen LogP contribution in [0.4, 0.5) is 0 Å². The van der Waals surface area contributed by atoms with Crippen molar-refractivity contribution in [1.82, 2.24) is 0 Å². The molecule has 0 aliphatic heterocycles. The molecule has 2 atom stereocenters. The maximum atomic E-state index is 12.0. The van der Waals surface area contributed by atoms with Gasteiger partial charge in [0, 0.05) is 47.9 Å². The van der Waals surface area contributed by atoms with Crippen LogP contribution in [0.2, 0.25) is 0 Å². The third-order valence-corrected chi connectivity index (χ3v) is 6.48. The predicted molar refractivity (Wildman–Crippen MR) is 146 cm³/mol.